The van der Waals surface area contributed by atoms with Crippen molar-refractivity contribution in [2.75, 3.05) is 26.2 Å². The van der Waals surface area contributed by atoms with E-state index in [0.717, 1.165) is 55.9 Å². The van der Waals surface area contributed by atoms with Crippen molar-refractivity contribution >= 4 is 23.4 Å². The minimum Gasteiger partial charge on any atom is -0.355 e. The number of carbonyl (C=O) groups is 2. The summed E-state index contributed by atoms with van der Waals surface area (Å²) in [4.78, 5) is 30.6. The highest BCUT2D eigenvalue weighted by molar-refractivity contribution is 6.31. The highest BCUT2D eigenvalue weighted by Gasteiger charge is 2.39. The molecule has 2 fully saturated rings. The first-order chi connectivity index (χ1) is 15.1. The molecule has 1 saturated carbocycles. The van der Waals surface area contributed by atoms with Crippen LogP contribution in [-0.2, 0) is 11.3 Å². The lowest BCUT2D eigenvalue weighted by molar-refractivity contribution is -0.126. The number of nitrogens with one attached hydrogen (secondary N) is 1. The largest absolute Gasteiger partial charge is 0.355 e. The Morgan fingerprint density at radius 1 is 0.968 bits per heavy atom. The van der Waals surface area contributed by atoms with Crippen LogP contribution in [0.1, 0.15) is 41.6 Å². The third-order valence-electron chi connectivity index (χ3n) is 6.45. The van der Waals surface area contributed by atoms with Crippen LogP contribution in [0, 0.1) is 5.92 Å². The second kappa shape index (κ2) is 10.3. The Balaban J connectivity index is 1.53. The van der Waals surface area contributed by atoms with Crippen molar-refractivity contribution in [2.24, 2.45) is 5.92 Å². The molecule has 2 aromatic carbocycles. The molecule has 1 heterocycles. The fraction of sp³-hybridized carbons (Fsp3) is 0.440. The Morgan fingerprint density at radius 2 is 1.74 bits per heavy atom. The highest BCUT2D eigenvalue weighted by Crippen LogP contribution is 2.32. The molecule has 0 aromatic heterocycles. The Morgan fingerprint density at radius 3 is 2.55 bits per heavy atom. The van der Waals surface area contributed by atoms with Crippen LogP contribution in [-0.4, -0.2) is 53.8 Å². The van der Waals surface area contributed by atoms with Crippen LogP contribution in [0.25, 0.3) is 0 Å². The molecular formula is C25H30ClN3O2. The number of rotatable bonds is 3. The highest BCUT2D eigenvalue weighted by atomic mass is 35.5. The van der Waals surface area contributed by atoms with Crippen LogP contribution >= 0.6 is 11.6 Å². The molecule has 2 aliphatic rings. The zero-order valence-electron chi connectivity index (χ0n) is 17.8. The van der Waals surface area contributed by atoms with E-state index in [1.165, 1.54) is 0 Å². The van der Waals surface area contributed by atoms with Crippen molar-refractivity contribution < 1.29 is 9.59 Å². The predicted molar refractivity (Wildman–Crippen MR) is 123 cm³/mol. The van der Waals surface area contributed by atoms with Gasteiger partial charge in [0.15, 0.2) is 0 Å². The van der Waals surface area contributed by atoms with Crippen LogP contribution in [0.15, 0.2) is 54.6 Å². The third-order valence-corrected chi connectivity index (χ3v) is 6.82. The second-order valence-corrected chi connectivity index (χ2v) is 8.89. The summed E-state index contributed by atoms with van der Waals surface area (Å²) in [5.74, 6) is -0.0158. The topological polar surface area (TPSA) is 52.7 Å². The van der Waals surface area contributed by atoms with Gasteiger partial charge in [0.1, 0.15) is 0 Å². The molecule has 2 atom stereocenters. The minimum absolute atomic E-state index is 0.0252. The van der Waals surface area contributed by atoms with E-state index in [-0.39, 0.29) is 23.8 Å². The Kier molecular flexibility index (Phi) is 7.25. The third kappa shape index (κ3) is 5.28. The first-order valence-electron chi connectivity index (χ1n) is 11.2. The Labute approximate surface area is 189 Å². The van der Waals surface area contributed by atoms with Crippen LogP contribution < -0.4 is 5.32 Å². The molecule has 0 spiro atoms. The first kappa shape index (κ1) is 21.8. The summed E-state index contributed by atoms with van der Waals surface area (Å²) in [7, 11) is 0. The summed E-state index contributed by atoms with van der Waals surface area (Å²) in [5, 5.41) is 3.89. The quantitative estimate of drug-likeness (QED) is 0.787. The molecule has 31 heavy (non-hydrogen) atoms. The van der Waals surface area contributed by atoms with E-state index in [1.54, 1.807) is 0 Å². The molecule has 0 unspecified atom stereocenters. The van der Waals surface area contributed by atoms with Crippen molar-refractivity contribution in [1.82, 2.24) is 15.1 Å². The smallest absolute Gasteiger partial charge is 0.254 e. The fourth-order valence-corrected chi connectivity index (χ4v) is 5.05. The SMILES string of the molecule is O=C1NCCN(Cc2ccccc2Cl)CCCN(C(=O)c2ccccc2)[C@H]2CCC[C@@H]12. The Hall–Kier alpha value is -2.37. The monoisotopic (exact) mass is 439 g/mol. The van der Waals surface area contributed by atoms with Gasteiger partial charge in [-0.3, -0.25) is 14.5 Å². The van der Waals surface area contributed by atoms with E-state index in [1.807, 2.05) is 59.5 Å². The zero-order chi connectivity index (χ0) is 21.6. The zero-order valence-corrected chi connectivity index (χ0v) is 18.6. The average Bonchev–Trinajstić information content (AvgIpc) is 3.26. The lowest BCUT2D eigenvalue weighted by Gasteiger charge is -2.33. The molecule has 0 radical (unpaired) electrons. The summed E-state index contributed by atoms with van der Waals surface area (Å²) in [6, 6.07) is 17.3. The molecular weight excluding hydrogens is 410 g/mol. The van der Waals surface area contributed by atoms with Crippen molar-refractivity contribution in [3.8, 4) is 0 Å². The van der Waals surface area contributed by atoms with Crippen molar-refractivity contribution in [3.05, 3.63) is 70.7 Å². The number of amides is 2. The van der Waals surface area contributed by atoms with Gasteiger partial charge in [-0.05, 0) is 43.0 Å². The van der Waals surface area contributed by atoms with E-state index in [2.05, 4.69) is 10.2 Å². The van der Waals surface area contributed by atoms with Gasteiger partial charge in [-0.15, -0.1) is 0 Å². The molecule has 5 nitrogen and oxygen atoms in total. The maximum Gasteiger partial charge on any atom is 0.254 e. The molecule has 4 rings (SSSR count). The molecule has 1 aliphatic carbocycles. The van der Waals surface area contributed by atoms with Crippen LogP contribution in [0.3, 0.4) is 0 Å². The van der Waals surface area contributed by atoms with E-state index in [9.17, 15) is 9.59 Å². The number of benzene rings is 2. The van der Waals surface area contributed by atoms with Gasteiger partial charge in [0, 0.05) is 49.4 Å². The van der Waals surface area contributed by atoms with E-state index >= 15 is 0 Å². The number of hydrogen-bond acceptors (Lipinski definition) is 3. The maximum atomic E-state index is 13.4. The second-order valence-electron chi connectivity index (χ2n) is 8.48. The summed E-state index contributed by atoms with van der Waals surface area (Å²) >= 11 is 6.37. The molecule has 1 aliphatic heterocycles. The van der Waals surface area contributed by atoms with Gasteiger partial charge in [0.2, 0.25) is 5.91 Å². The normalized spacial score (nSPS) is 23.0. The van der Waals surface area contributed by atoms with Gasteiger partial charge in [-0.1, -0.05) is 54.4 Å². The first-order valence-corrected chi connectivity index (χ1v) is 11.6. The maximum absolute atomic E-state index is 13.4. The molecule has 2 aromatic rings. The van der Waals surface area contributed by atoms with Gasteiger partial charge in [-0.25, -0.2) is 0 Å². The van der Waals surface area contributed by atoms with Crippen molar-refractivity contribution in [1.29, 1.82) is 0 Å². The van der Waals surface area contributed by atoms with Crippen LogP contribution in [0.4, 0.5) is 0 Å². The molecule has 6 heteroatoms. The molecule has 1 N–H and O–H groups in total. The van der Waals surface area contributed by atoms with Crippen molar-refractivity contribution in [2.45, 2.75) is 38.3 Å². The van der Waals surface area contributed by atoms with Gasteiger partial charge in [-0.2, -0.15) is 0 Å². The number of halogens is 1. The van der Waals surface area contributed by atoms with Crippen molar-refractivity contribution in [3.63, 3.8) is 0 Å². The van der Waals surface area contributed by atoms with Gasteiger partial charge in [0.25, 0.3) is 5.91 Å². The van der Waals surface area contributed by atoms with Gasteiger partial charge >= 0.3 is 0 Å². The summed E-state index contributed by atoms with van der Waals surface area (Å²) in [5.41, 5.74) is 1.77. The van der Waals surface area contributed by atoms with Gasteiger partial charge < -0.3 is 10.2 Å². The van der Waals surface area contributed by atoms with E-state index in [4.69, 9.17) is 11.6 Å². The number of hydrogen-bond donors (Lipinski definition) is 1. The standard InChI is InChI=1S/C25H30ClN3O2/c26-22-12-5-4-10-20(22)18-28-15-7-16-29(25(31)19-8-2-1-3-9-19)23-13-6-11-21(23)24(30)27-14-17-28/h1-5,8-10,12,21,23H,6-7,11,13-18H2,(H,27,30)/t21-,23+/m1/s1. The lowest BCUT2D eigenvalue weighted by Crippen LogP contribution is -2.47. The summed E-state index contributed by atoms with van der Waals surface area (Å²) < 4.78 is 0. The van der Waals surface area contributed by atoms with E-state index < -0.39 is 0 Å². The van der Waals surface area contributed by atoms with Crippen LogP contribution in [0.2, 0.25) is 5.02 Å². The average molecular weight is 440 g/mol. The van der Waals surface area contributed by atoms with E-state index in [0.29, 0.717) is 18.7 Å². The Bertz CT molecular complexity index is 905. The predicted octanol–water partition coefficient (Wildman–Crippen LogP) is 3.97. The molecule has 2 amide bonds. The summed E-state index contributed by atoms with van der Waals surface area (Å²) in [6.45, 7) is 3.60. The van der Waals surface area contributed by atoms with Crippen LogP contribution in [0.5, 0.6) is 0 Å². The summed E-state index contributed by atoms with van der Waals surface area (Å²) in [6.07, 6.45) is 3.58. The number of carbonyl (C=O) groups excluding carboxylic acids is 2. The lowest BCUT2D eigenvalue weighted by atomic mass is 9.99. The van der Waals surface area contributed by atoms with Gasteiger partial charge in [0.05, 0.1) is 5.92 Å². The fourth-order valence-electron chi connectivity index (χ4n) is 4.85. The number of fused-ring (bicyclic) bond motifs is 1. The molecule has 1 saturated heterocycles. The molecule has 164 valence electrons. The molecule has 0 bridgehead atoms. The minimum atomic E-state index is -0.122. The number of nitrogens with zero attached hydrogens (tertiary/aromatic N) is 2.